The predicted octanol–water partition coefficient (Wildman–Crippen LogP) is 3.53. The van der Waals surface area contributed by atoms with Crippen LogP contribution in [0.15, 0.2) is 29.2 Å². The molecule has 0 amide bonds. The molecule has 9 heteroatoms. The average Bonchev–Trinajstić information content (AvgIpc) is 2.93. The summed E-state index contributed by atoms with van der Waals surface area (Å²) in [6.45, 7) is 0.202. The molecular formula is C12H7Cl2NO4S2. The Hall–Kier alpha value is -1.28. The Kier molecular flexibility index (Phi) is 3.61. The van der Waals surface area contributed by atoms with Crippen molar-refractivity contribution >= 4 is 56.2 Å². The van der Waals surface area contributed by atoms with E-state index in [1.54, 1.807) is 12.1 Å². The molecule has 0 saturated heterocycles. The molecular weight excluding hydrogens is 357 g/mol. The van der Waals surface area contributed by atoms with Crippen LogP contribution in [0.5, 0.6) is 0 Å². The molecule has 1 N–H and O–H groups in total. The van der Waals surface area contributed by atoms with Gasteiger partial charge in [0.1, 0.15) is 15.8 Å². The number of halogens is 2. The third-order valence-electron chi connectivity index (χ3n) is 2.86. The summed E-state index contributed by atoms with van der Waals surface area (Å²) in [7, 11) is -3.87. The highest BCUT2D eigenvalue weighted by molar-refractivity contribution is 7.93. The van der Waals surface area contributed by atoms with Crippen LogP contribution in [-0.4, -0.2) is 14.4 Å². The Balaban J connectivity index is 1.95. The van der Waals surface area contributed by atoms with Gasteiger partial charge in [-0.3, -0.25) is 4.72 Å². The summed E-state index contributed by atoms with van der Waals surface area (Å²) in [6, 6.07) is 5.91. The van der Waals surface area contributed by atoms with Crippen LogP contribution in [0.1, 0.15) is 15.9 Å². The average molecular weight is 364 g/mol. The second-order valence-corrected chi connectivity index (χ2v) is 8.18. The molecule has 2 aromatic rings. The summed E-state index contributed by atoms with van der Waals surface area (Å²) >= 11 is 12.6. The van der Waals surface area contributed by atoms with Gasteiger partial charge in [-0.15, -0.1) is 11.3 Å². The molecule has 21 heavy (non-hydrogen) atoms. The lowest BCUT2D eigenvalue weighted by molar-refractivity contribution is 0.0535. The minimum Gasteiger partial charge on any atom is -0.457 e. The molecule has 2 heterocycles. The van der Waals surface area contributed by atoms with Crippen molar-refractivity contribution in [3.63, 3.8) is 0 Å². The lowest BCUT2D eigenvalue weighted by Gasteiger charge is -2.07. The van der Waals surface area contributed by atoms with Crippen molar-refractivity contribution in [3.8, 4) is 0 Å². The summed E-state index contributed by atoms with van der Waals surface area (Å²) in [4.78, 5) is 11.4. The number of ether oxygens (including phenoxy) is 1. The third kappa shape index (κ3) is 2.74. The molecule has 0 bridgehead atoms. The van der Waals surface area contributed by atoms with Crippen molar-refractivity contribution in [2.24, 2.45) is 0 Å². The number of thiophene rings is 1. The monoisotopic (exact) mass is 363 g/mol. The number of anilines is 1. The van der Waals surface area contributed by atoms with Gasteiger partial charge in [0.2, 0.25) is 0 Å². The second kappa shape index (κ2) is 5.17. The Labute approximate surface area is 134 Å². The molecule has 110 valence electrons. The Bertz CT molecular complexity index is 845. The van der Waals surface area contributed by atoms with Gasteiger partial charge in [0, 0.05) is 11.3 Å². The Morgan fingerprint density at radius 3 is 2.67 bits per heavy atom. The van der Waals surface area contributed by atoms with E-state index in [2.05, 4.69) is 4.72 Å². The minimum atomic E-state index is -3.87. The molecule has 1 aromatic heterocycles. The van der Waals surface area contributed by atoms with Crippen LogP contribution < -0.4 is 4.72 Å². The van der Waals surface area contributed by atoms with E-state index in [-0.39, 0.29) is 25.9 Å². The van der Waals surface area contributed by atoms with E-state index in [9.17, 15) is 13.2 Å². The van der Waals surface area contributed by atoms with Crippen LogP contribution in [0.25, 0.3) is 0 Å². The molecule has 0 aliphatic carbocycles. The number of cyclic esters (lactones) is 1. The normalized spacial score (nSPS) is 13.9. The van der Waals surface area contributed by atoms with Crippen LogP contribution in [0, 0.1) is 0 Å². The van der Waals surface area contributed by atoms with E-state index >= 15 is 0 Å². The van der Waals surface area contributed by atoms with Crippen molar-refractivity contribution in [2.75, 3.05) is 4.72 Å². The van der Waals surface area contributed by atoms with E-state index in [1.165, 1.54) is 12.1 Å². The first kappa shape index (κ1) is 14.6. The number of hydrogen-bond acceptors (Lipinski definition) is 5. The van der Waals surface area contributed by atoms with Gasteiger partial charge >= 0.3 is 5.97 Å². The number of esters is 1. The van der Waals surface area contributed by atoms with Crippen LogP contribution in [-0.2, 0) is 21.4 Å². The summed E-state index contributed by atoms with van der Waals surface area (Å²) in [5, 5.41) is 0. The fraction of sp³-hybridized carbons (Fsp3) is 0.0833. The lowest BCUT2D eigenvalue weighted by atomic mass is 10.1. The summed E-state index contributed by atoms with van der Waals surface area (Å²) in [5.74, 6) is -0.470. The largest absolute Gasteiger partial charge is 0.457 e. The first-order valence-electron chi connectivity index (χ1n) is 5.64. The quantitative estimate of drug-likeness (QED) is 0.846. The number of hydrogen-bond donors (Lipinski definition) is 1. The SMILES string of the molecule is O=C1OCc2ccc(NS(=O)(=O)c3cc(Cl)sc3Cl)cc21. The minimum absolute atomic E-state index is 0.0769. The first-order valence-corrected chi connectivity index (χ1v) is 8.70. The zero-order chi connectivity index (χ0) is 15.2. The Morgan fingerprint density at radius 2 is 2.00 bits per heavy atom. The maximum Gasteiger partial charge on any atom is 0.338 e. The maximum absolute atomic E-state index is 12.3. The van der Waals surface area contributed by atoms with Crippen LogP contribution in [0.2, 0.25) is 8.67 Å². The third-order valence-corrected chi connectivity index (χ3v) is 5.99. The summed E-state index contributed by atoms with van der Waals surface area (Å²) in [5.41, 5.74) is 1.33. The zero-order valence-corrected chi connectivity index (χ0v) is 13.4. The van der Waals surface area contributed by atoms with Gasteiger partial charge in [0.05, 0.1) is 9.90 Å². The highest BCUT2D eigenvalue weighted by atomic mass is 35.5. The highest BCUT2D eigenvalue weighted by Crippen LogP contribution is 2.35. The van der Waals surface area contributed by atoms with Crippen molar-refractivity contribution in [3.05, 3.63) is 44.1 Å². The fourth-order valence-corrected chi connectivity index (χ4v) is 5.10. The van der Waals surface area contributed by atoms with E-state index in [4.69, 9.17) is 27.9 Å². The standard InChI is InChI=1S/C12H7Cl2NO4S2/c13-10-4-9(11(14)20-10)21(17,18)15-7-2-1-6-5-19-12(16)8(6)3-7/h1-4,15H,5H2. The van der Waals surface area contributed by atoms with E-state index in [1.807, 2.05) is 0 Å². The van der Waals surface area contributed by atoms with E-state index < -0.39 is 16.0 Å². The topological polar surface area (TPSA) is 72.5 Å². The molecule has 3 rings (SSSR count). The number of rotatable bonds is 3. The van der Waals surface area contributed by atoms with E-state index in [0.717, 1.165) is 16.9 Å². The number of benzene rings is 1. The second-order valence-electron chi connectivity index (χ2n) is 4.24. The number of carbonyl (C=O) groups is 1. The number of carbonyl (C=O) groups excluding carboxylic acids is 1. The van der Waals surface area contributed by atoms with E-state index in [0.29, 0.717) is 5.56 Å². The molecule has 1 aliphatic rings. The van der Waals surface area contributed by atoms with Crippen LogP contribution in [0.3, 0.4) is 0 Å². The molecule has 0 unspecified atom stereocenters. The molecule has 0 atom stereocenters. The number of nitrogens with one attached hydrogen (secondary N) is 1. The molecule has 1 aromatic carbocycles. The highest BCUT2D eigenvalue weighted by Gasteiger charge is 2.24. The molecule has 5 nitrogen and oxygen atoms in total. The van der Waals surface area contributed by atoms with Crippen molar-refractivity contribution < 1.29 is 17.9 Å². The van der Waals surface area contributed by atoms with Crippen molar-refractivity contribution in [2.45, 2.75) is 11.5 Å². The van der Waals surface area contributed by atoms with Crippen LogP contribution >= 0.6 is 34.5 Å². The molecule has 0 radical (unpaired) electrons. The van der Waals surface area contributed by atoms with Gasteiger partial charge in [0.25, 0.3) is 10.0 Å². The van der Waals surface area contributed by atoms with Gasteiger partial charge in [-0.25, -0.2) is 13.2 Å². The molecule has 0 spiro atoms. The smallest absolute Gasteiger partial charge is 0.338 e. The fourth-order valence-electron chi connectivity index (χ4n) is 1.90. The molecule has 0 saturated carbocycles. The Morgan fingerprint density at radius 1 is 1.24 bits per heavy atom. The lowest BCUT2D eigenvalue weighted by Crippen LogP contribution is -2.13. The van der Waals surface area contributed by atoms with Gasteiger partial charge in [-0.1, -0.05) is 29.3 Å². The summed E-state index contributed by atoms with van der Waals surface area (Å²) < 4.78 is 32.1. The van der Waals surface area contributed by atoms with Gasteiger partial charge in [-0.2, -0.15) is 0 Å². The van der Waals surface area contributed by atoms with Crippen LogP contribution in [0.4, 0.5) is 5.69 Å². The van der Waals surface area contributed by atoms with Crippen molar-refractivity contribution in [1.29, 1.82) is 0 Å². The molecule has 1 aliphatic heterocycles. The summed E-state index contributed by atoms with van der Waals surface area (Å²) in [6.07, 6.45) is 0. The molecule has 0 fully saturated rings. The number of sulfonamides is 1. The van der Waals surface area contributed by atoms with Gasteiger partial charge in [0.15, 0.2) is 0 Å². The van der Waals surface area contributed by atoms with Crippen molar-refractivity contribution in [1.82, 2.24) is 0 Å². The van der Waals surface area contributed by atoms with Gasteiger partial charge in [-0.05, 0) is 18.2 Å². The van der Waals surface area contributed by atoms with Gasteiger partial charge < -0.3 is 4.74 Å². The number of fused-ring (bicyclic) bond motifs is 1. The first-order chi connectivity index (χ1) is 9.87. The predicted molar refractivity (Wildman–Crippen MR) is 80.7 cm³/mol. The zero-order valence-electron chi connectivity index (χ0n) is 10.2. The maximum atomic E-state index is 12.3.